The van der Waals surface area contributed by atoms with Crippen molar-refractivity contribution in [3.8, 4) is 5.75 Å². The second-order valence-corrected chi connectivity index (χ2v) is 3.61. The smallest absolute Gasteiger partial charge is 0.166 e. The highest BCUT2D eigenvalue weighted by Crippen LogP contribution is 2.22. The third-order valence-electron chi connectivity index (χ3n) is 2.14. The molecular weight excluding hydrogens is 243 g/mol. The molecule has 0 N–H and O–H groups in total. The van der Waals surface area contributed by atoms with Crippen LogP contribution in [0.1, 0.15) is 11.4 Å². The molecule has 0 atom stereocenters. The minimum atomic E-state index is -0.330. The standard InChI is InChI=1S/C12H10ClFN2O/c13-7-9-6-10(14)2-3-11(9)17-8-12-15-4-1-5-16-12/h1-6H,7-8H2. The normalized spacial score (nSPS) is 10.2. The highest BCUT2D eigenvalue weighted by atomic mass is 35.5. The fraction of sp³-hybridized carbons (Fsp3) is 0.167. The first kappa shape index (κ1) is 11.8. The number of rotatable bonds is 4. The Morgan fingerprint density at radius 1 is 1.24 bits per heavy atom. The summed E-state index contributed by atoms with van der Waals surface area (Å²) in [4.78, 5) is 8.05. The van der Waals surface area contributed by atoms with Crippen molar-refractivity contribution in [2.45, 2.75) is 12.5 Å². The average Bonchev–Trinajstić information content (AvgIpc) is 2.38. The van der Waals surface area contributed by atoms with Crippen molar-refractivity contribution in [3.63, 3.8) is 0 Å². The van der Waals surface area contributed by atoms with Gasteiger partial charge in [-0.1, -0.05) is 0 Å². The summed E-state index contributed by atoms with van der Waals surface area (Å²) in [6.45, 7) is 0.233. The highest BCUT2D eigenvalue weighted by Gasteiger charge is 2.05. The molecule has 0 unspecified atom stereocenters. The van der Waals surface area contributed by atoms with E-state index in [4.69, 9.17) is 16.3 Å². The molecule has 1 aromatic heterocycles. The van der Waals surface area contributed by atoms with Crippen LogP contribution in [0.3, 0.4) is 0 Å². The summed E-state index contributed by atoms with van der Waals surface area (Å²) in [6, 6.07) is 5.97. The van der Waals surface area contributed by atoms with Gasteiger partial charge in [-0.3, -0.25) is 0 Å². The van der Waals surface area contributed by atoms with Gasteiger partial charge in [-0.2, -0.15) is 0 Å². The van der Waals surface area contributed by atoms with Crippen LogP contribution in [0.25, 0.3) is 0 Å². The minimum absolute atomic E-state index is 0.197. The maximum atomic E-state index is 13.0. The summed E-state index contributed by atoms with van der Waals surface area (Å²) >= 11 is 5.71. The summed E-state index contributed by atoms with van der Waals surface area (Å²) in [5.74, 6) is 0.984. The lowest BCUT2D eigenvalue weighted by atomic mass is 10.2. The van der Waals surface area contributed by atoms with Crippen molar-refractivity contribution in [3.05, 3.63) is 53.9 Å². The van der Waals surface area contributed by atoms with Crippen LogP contribution in [0.5, 0.6) is 5.75 Å². The van der Waals surface area contributed by atoms with E-state index in [1.807, 2.05) is 0 Å². The minimum Gasteiger partial charge on any atom is -0.485 e. The van der Waals surface area contributed by atoms with Crippen LogP contribution in [-0.2, 0) is 12.5 Å². The zero-order chi connectivity index (χ0) is 12.1. The predicted octanol–water partition coefficient (Wildman–Crippen LogP) is 2.93. The fourth-order valence-electron chi connectivity index (χ4n) is 1.34. The van der Waals surface area contributed by atoms with Gasteiger partial charge in [0.05, 0.1) is 5.88 Å². The van der Waals surface area contributed by atoms with Crippen LogP contribution in [0.15, 0.2) is 36.7 Å². The molecule has 88 valence electrons. The maximum absolute atomic E-state index is 13.0. The van der Waals surface area contributed by atoms with Gasteiger partial charge >= 0.3 is 0 Å². The molecule has 2 rings (SSSR count). The Bertz CT molecular complexity index is 493. The summed E-state index contributed by atoms with van der Waals surface area (Å²) < 4.78 is 18.5. The average molecular weight is 253 g/mol. The largest absolute Gasteiger partial charge is 0.485 e. The van der Waals surface area contributed by atoms with E-state index >= 15 is 0 Å². The Labute approximate surface area is 103 Å². The lowest BCUT2D eigenvalue weighted by Gasteiger charge is -2.08. The number of ether oxygens (including phenoxy) is 1. The molecule has 0 aliphatic rings. The molecule has 5 heteroatoms. The number of halogens is 2. The molecule has 0 bridgehead atoms. The maximum Gasteiger partial charge on any atom is 0.166 e. The third-order valence-corrected chi connectivity index (χ3v) is 2.43. The first-order valence-corrected chi connectivity index (χ1v) is 5.56. The van der Waals surface area contributed by atoms with E-state index in [1.165, 1.54) is 12.1 Å². The topological polar surface area (TPSA) is 35.0 Å². The Kier molecular flexibility index (Phi) is 3.88. The third kappa shape index (κ3) is 3.14. The molecule has 0 spiro atoms. The summed E-state index contributed by atoms with van der Waals surface area (Å²) in [6.07, 6.45) is 3.28. The van der Waals surface area contributed by atoms with Crippen LogP contribution in [-0.4, -0.2) is 9.97 Å². The number of hydrogen-bond acceptors (Lipinski definition) is 3. The van der Waals surface area contributed by atoms with E-state index in [-0.39, 0.29) is 18.3 Å². The monoisotopic (exact) mass is 252 g/mol. The second kappa shape index (κ2) is 5.59. The van der Waals surface area contributed by atoms with Gasteiger partial charge in [-0.15, -0.1) is 11.6 Å². The van der Waals surface area contributed by atoms with Gasteiger partial charge in [-0.25, -0.2) is 14.4 Å². The molecule has 0 fully saturated rings. The van der Waals surface area contributed by atoms with Crippen molar-refractivity contribution < 1.29 is 9.13 Å². The molecular formula is C12H10ClFN2O. The molecule has 0 aliphatic heterocycles. The molecule has 1 heterocycles. The summed E-state index contributed by atoms with van der Waals surface area (Å²) in [5.41, 5.74) is 0.614. The van der Waals surface area contributed by atoms with Crippen LogP contribution in [0, 0.1) is 5.82 Å². The van der Waals surface area contributed by atoms with Crippen LogP contribution in [0.2, 0.25) is 0 Å². The van der Waals surface area contributed by atoms with Gasteiger partial charge in [0.1, 0.15) is 18.2 Å². The Morgan fingerprint density at radius 3 is 2.71 bits per heavy atom. The van der Waals surface area contributed by atoms with Gasteiger partial charge in [0.2, 0.25) is 0 Å². The Hall–Kier alpha value is -1.68. The SMILES string of the molecule is Fc1ccc(OCc2ncccn2)c(CCl)c1. The molecule has 0 radical (unpaired) electrons. The van der Waals surface area contributed by atoms with E-state index in [1.54, 1.807) is 24.5 Å². The first-order valence-electron chi connectivity index (χ1n) is 5.02. The van der Waals surface area contributed by atoms with E-state index in [9.17, 15) is 4.39 Å². The van der Waals surface area contributed by atoms with Gasteiger partial charge in [0.15, 0.2) is 5.82 Å². The van der Waals surface area contributed by atoms with Crippen molar-refractivity contribution in [2.24, 2.45) is 0 Å². The number of aromatic nitrogens is 2. The molecule has 0 aliphatic carbocycles. The number of hydrogen-bond donors (Lipinski definition) is 0. The van der Waals surface area contributed by atoms with Crippen molar-refractivity contribution in [1.29, 1.82) is 0 Å². The molecule has 17 heavy (non-hydrogen) atoms. The summed E-state index contributed by atoms with van der Waals surface area (Å²) in [5, 5.41) is 0. The zero-order valence-electron chi connectivity index (χ0n) is 8.94. The van der Waals surface area contributed by atoms with Crippen LogP contribution >= 0.6 is 11.6 Å². The molecule has 0 amide bonds. The fourth-order valence-corrected chi connectivity index (χ4v) is 1.55. The number of nitrogens with zero attached hydrogens (tertiary/aromatic N) is 2. The zero-order valence-corrected chi connectivity index (χ0v) is 9.69. The van der Waals surface area contributed by atoms with E-state index in [0.717, 1.165) is 0 Å². The molecule has 1 aromatic carbocycles. The van der Waals surface area contributed by atoms with Gasteiger partial charge in [0.25, 0.3) is 0 Å². The van der Waals surface area contributed by atoms with Crippen molar-refractivity contribution in [1.82, 2.24) is 9.97 Å². The molecule has 0 saturated carbocycles. The predicted molar refractivity (Wildman–Crippen MR) is 62.3 cm³/mol. The van der Waals surface area contributed by atoms with E-state index < -0.39 is 0 Å². The van der Waals surface area contributed by atoms with Crippen molar-refractivity contribution >= 4 is 11.6 Å². The summed E-state index contributed by atoms with van der Waals surface area (Å²) in [7, 11) is 0. The Balaban J connectivity index is 2.09. The number of alkyl halides is 1. The molecule has 3 nitrogen and oxygen atoms in total. The van der Waals surface area contributed by atoms with E-state index in [0.29, 0.717) is 17.1 Å². The van der Waals surface area contributed by atoms with Gasteiger partial charge in [-0.05, 0) is 24.3 Å². The quantitative estimate of drug-likeness (QED) is 0.785. The molecule has 2 aromatic rings. The second-order valence-electron chi connectivity index (χ2n) is 3.34. The Morgan fingerprint density at radius 2 is 2.00 bits per heavy atom. The van der Waals surface area contributed by atoms with Crippen molar-refractivity contribution in [2.75, 3.05) is 0 Å². The highest BCUT2D eigenvalue weighted by molar-refractivity contribution is 6.17. The van der Waals surface area contributed by atoms with E-state index in [2.05, 4.69) is 9.97 Å². The van der Waals surface area contributed by atoms with Crippen LogP contribution < -0.4 is 4.74 Å². The number of benzene rings is 1. The lowest BCUT2D eigenvalue weighted by molar-refractivity contribution is 0.293. The van der Waals surface area contributed by atoms with Gasteiger partial charge < -0.3 is 4.74 Å². The lowest BCUT2D eigenvalue weighted by Crippen LogP contribution is -2.02. The molecule has 0 saturated heterocycles. The first-order chi connectivity index (χ1) is 8.29. The van der Waals surface area contributed by atoms with Gasteiger partial charge in [0, 0.05) is 18.0 Å². The van der Waals surface area contributed by atoms with Crippen LogP contribution in [0.4, 0.5) is 4.39 Å².